The summed E-state index contributed by atoms with van der Waals surface area (Å²) in [6.07, 6.45) is 1.74. The monoisotopic (exact) mass is 403 g/mol. The second-order valence-electron chi connectivity index (χ2n) is 6.08. The van der Waals surface area contributed by atoms with Gasteiger partial charge in [0.1, 0.15) is 0 Å². The first kappa shape index (κ1) is 17.4. The number of anilines is 1. The van der Waals surface area contributed by atoms with Crippen molar-refractivity contribution in [1.82, 2.24) is 5.32 Å². The molecule has 3 rings (SSSR count). The summed E-state index contributed by atoms with van der Waals surface area (Å²) < 4.78 is 1.000. The Bertz CT molecular complexity index is 771. The number of nitro groups is 1. The average Bonchev–Trinajstić information content (AvgIpc) is 3.41. The van der Waals surface area contributed by atoms with E-state index in [0.717, 1.165) is 28.6 Å². The number of nitrogens with zero attached hydrogens (tertiary/aromatic N) is 1. The summed E-state index contributed by atoms with van der Waals surface area (Å²) in [6, 6.07) is 14.1. The number of amides is 1. The quantitative estimate of drug-likeness (QED) is 0.420. The predicted octanol–water partition coefficient (Wildman–Crippen LogP) is 3.62. The standard InChI is InChI=1S/C18H18BrN3O3/c19-14-3-1-13(2-4-14)18(9-10-18)17(23)21-12-11-20-15-5-7-16(8-6-15)22(24)25/h1-8,20H,9-12H2,(H,21,23). The Labute approximate surface area is 153 Å². The topological polar surface area (TPSA) is 84.3 Å². The summed E-state index contributed by atoms with van der Waals surface area (Å²) in [7, 11) is 0. The van der Waals surface area contributed by atoms with E-state index >= 15 is 0 Å². The van der Waals surface area contributed by atoms with Gasteiger partial charge in [-0.3, -0.25) is 14.9 Å². The smallest absolute Gasteiger partial charge is 0.269 e. The SMILES string of the molecule is O=C(NCCNc1ccc([N+](=O)[O-])cc1)C1(c2ccc(Br)cc2)CC1. The zero-order valence-electron chi connectivity index (χ0n) is 13.5. The van der Waals surface area contributed by atoms with Crippen molar-refractivity contribution in [3.63, 3.8) is 0 Å². The van der Waals surface area contributed by atoms with E-state index in [-0.39, 0.29) is 17.0 Å². The Balaban J connectivity index is 1.48. The highest BCUT2D eigenvalue weighted by atomic mass is 79.9. The second-order valence-corrected chi connectivity index (χ2v) is 6.99. The first-order valence-corrected chi connectivity index (χ1v) is 8.83. The average molecular weight is 404 g/mol. The number of hydrogen-bond donors (Lipinski definition) is 2. The highest BCUT2D eigenvalue weighted by molar-refractivity contribution is 9.10. The van der Waals surface area contributed by atoms with Crippen LogP contribution in [0.15, 0.2) is 53.0 Å². The van der Waals surface area contributed by atoms with E-state index in [1.807, 2.05) is 24.3 Å². The van der Waals surface area contributed by atoms with Gasteiger partial charge in [-0.1, -0.05) is 28.1 Å². The molecule has 1 aliphatic carbocycles. The molecular weight excluding hydrogens is 386 g/mol. The van der Waals surface area contributed by atoms with Crippen LogP contribution in [0.2, 0.25) is 0 Å². The van der Waals surface area contributed by atoms with Crippen molar-refractivity contribution in [2.24, 2.45) is 0 Å². The number of benzene rings is 2. The van der Waals surface area contributed by atoms with Crippen LogP contribution in [0.5, 0.6) is 0 Å². The van der Waals surface area contributed by atoms with Crippen LogP contribution in [-0.4, -0.2) is 23.9 Å². The van der Waals surface area contributed by atoms with E-state index in [4.69, 9.17) is 0 Å². The molecule has 6 nitrogen and oxygen atoms in total. The number of halogens is 1. The molecule has 2 N–H and O–H groups in total. The van der Waals surface area contributed by atoms with E-state index < -0.39 is 4.92 Å². The maximum atomic E-state index is 12.5. The van der Waals surface area contributed by atoms with Crippen LogP contribution in [0.25, 0.3) is 0 Å². The minimum atomic E-state index is -0.429. The van der Waals surface area contributed by atoms with Crippen molar-refractivity contribution in [2.45, 2.75) is 18.3 Å². The highest BCUT2D eigenvalue weighted by Crippen LogP contribution is 2.48. The van der Waals surface area contributed by atoms with Crippen molar-refractivity contribution >= 4 is 33.2 Å². The van der Waals surface area contributed by atoms with Crippen molar-refractivity contribution in [3.8, 4) is 0 Å². The lowest BCUT2D eigenvalue weighted by Gasteiger charge is -2.16. The van der Waals surface area contributed by atoms with Gasteiger partial charge in [0.25, 0.3) is 5.69 Å². The van der Waals surface area contributed by atoms with Gasteiger partial charge in [0.2, 0.25) is 5.91 Å². The molecule has 0 radical (unpaired) electrons. The summed E-state index contributed by atoms with van der Waals surface area (Å²) in [5.41, 5.74) is 1.52. The summed E-state index contributed by atoms with van der Waals surface area (Å²) in [6.45, 7) is 1.05. The van der Waals surface area contributed by atoms with E-state index in [9.17, 15) is 14.9 Å². The molecular formula is C18H18BrN3O3. The lowest BCUT2D eigenvalue weighted by Crippen LogP contribution is -2.37. The molecule has 0 spiro atoms. The molecule has 1 amide bonds. The molecule has 0 saturated heterocycles. The molecule has 7 heteroatoms. The molecule has 25 heavy (non-hydrogen) atoms. The number of nitrogens with one attached hydrogen (secondary N) is 2. The van der Waals surface area contributed by atoms with Crippen LogP contribution in [0.4, 0.5) is 11.4 Å². The van der Waals surface area contributed by atoms with Crippen molar-refractivity contribution in [1.29, 1.82) is 0 Å². The van der Waals surface area contributed by atoms with E-state index in [2.05, 4.69) is 26.6 Å². The van der Waals surface area contributed by atoms with Gasteiger partial charge in [-0.25, -0.2) is 0 Å². The van der Waals surface area contributed by atoms with Crippen LogP contribution < -0.4 is 10.6 Å². The van der Waals surface area contributed by atoms with E-state index in [1.54, 1.807) is 12.1 Å². The van der Waals surface area contributed by atoms with Gasteiger partial charge in [-0.15, -0.1) is 0 Å². The number of nitro benzene ring substituents is 1. The largest absolute Gasteiger partial charge is 0.383 e. The molecule has 2 aromatic carbocycles. The Kier molecular flexibility index (Phi) is 5.03. The van der Waals surface area contributed by atoms with Gasteiger partial charge in [-0.05, 0) is 42.7 Å². The molecule has 1 aliphatic rings. The number of carbonyl (C=O) groups excluding carboxylic acids is 1. The van der Waals surface area contributed by atoms with Crippen LogP contribution >= 0.6 is 15.9 Å². The van der Waals surface area contributed by atoms with Crippen molar-refractivity contribution < 1.29 is 9.72 Å². The van der Waals surface area contributed by atoms with Crippen LogP contribution in [0.3, 0.4) is 0 Å². The lowest BCUT2D eigenvalue weighted by atomic mass is 9.95. The molecule has 1 saturated carbocycles. The van der Waals surface area contributed by atoms with Gasteiger partial charge < -0.3 is 10.6 Å². The Morgan fingerprint density at radius 1 is 1.08 bits per heavy atom. The molecule has 130 valence electrons. The summed E-state index contributed by atoms with van der Waals surface area (Å²) in [4.78, 5) is 22.7. The lowest BCUT2D eigenvalue weighted by molar-refractivity contribution is -0.384. The summed E-state index contributed by atoms with van der Waals surface area (Å²) in [5.74, 6) is 0.0559. The first-order valence-electron chi connectivity index (χ1n) is 8.04. The zero-order chi connectivity index (χ0) is 17.9. The molecule has 0 unspecified atom stereocenters. The fraction of sp³-hybridized carbons (Fsp3) is 0.278. The Morgan fingerprint density at radius 3 is 2.28 bits per heavy atom. The van der Waals surface area contributed by atoms with Crippen molar-refractivity contribution in [2.75, 3.05) is 18.4 Å². The first-order chi connectivity index (χ1) is 12.0. The number of non-ortho nitro benzene ring substituents is 1. The van der Waals surface area contributed by atoms with Crippen LogP contribution in [0, 0.1) is 10.1 Å². The molecule has 0 bridgehead atoms. The number of hydrogen-bond acceptors (Lipinski definition) is 4. The summed E-state index contributed by atoms with van der Waals surface area (Å²) >= 11 is 3.41. The van der Waals surface area contributed by atoms with Gasteiger partial charge >= 0.3 is 0 Å². The predicted molar refractivity (Wildman–Crippen MR) is 99.6 cm³/mol. The van der Waals surface area contributed by atoms with E-state index in [0.29, 0.717) is 13.1 Å². The maximum Gasteiger partial charge on any atom is 0.269 e. The molecule has 1 fully saturated rings. The minimum Gasteiger partial charge on any atom is -0.383 e. The van der Waals surface area contributed by atoms with Crippen LogP contribution in [-0.2, 0) is 10.2 Å². The molecule has 2 aromatic rings. The maximum absolute atomic E-state index is 12.5. The Morgan fingerprint density at radius 2 is 1.72 bits per heavy atom. The zero-order valence-corrected chi connectivity index (χ0v) is 15.1. The molecule has 0 atom stereocenters. The fourth-order valence-electron chi connectivity index (χ4n) is 2.79. The third-order valence-corrected chi connectivity index (χ3v) is 4.93. The van der Waals surface area contributed by atoms with Gasteiger partial charge in [0.15, 0.2) is 0 Å². The van der Waals surface area contributed by atoms with Crippen molar-refractivity contribution in [3.05, 3.63) is 68.7 Å². The minimum absolute atomic E-state index is 0.0559. The van der Waals surface area contributed by atoms with Gasteiger partial charge in [0.05, 0.1) is 10.3 Å². The van der Waals surface area contributed by atoms with Gasteiger partial charge in [-0.2, -0.15) is 0 Å². The summed E-state index contributed by atoms with van der Waals surface area (Å²) in [5, 5.41) is 16.7. The molecule has 0 heterocycles. The molecule has 0 aliphatic heterocycles. The second kappa shape index (κ2) is 7.23. The third-order valence-electron chi connectivity index (χ3n) is 4.40. The normalized spacial score (nSPS) is 14.6. The molecule has 0 aromatic heterocycles. The van der Waals surface area contributed by atoms with Gasteiger partial charge in [0, 0.05) is 35.4 Å². The van der Waals surface area contributed by atoms with Crippen LogP contribution in [0.1, 0.15) is 18.4 Å². The van der Waals surface area contributed by atoms with E-state index in [1.165, 1.54) is 12.1 Å². The Hall–Kier alpha value is -2.41. The highest BCUT2D eigenvalue weighted by Gasteiger charge is 2.50. The fourth-order valence-corrected chi connectivity index (χ4v) is 3.06. The number of carbonyl (C=O) groups is 1. The third kappa shape index (κ3) is 3.99. The number of rotatable bonds is 7.